The Kier molecular flexibility index (Phi) is 3.05. The van der Waals surface area contributed by atoms with Crippen LogP contribution in [0.4, 0.5) is 0 Å². The summed E-state index contributed by atoms with van der Waals surface area (Å²) in [5, 5.41) is 10.1. The van der Waals surface area contributed by atoms with Gasteiger partial charge < -0.3 is 9.67 Å². The van der Waals surface area contributed by atoms with Crippen molar-refractivity contribution in [1.82, 2.24) is 4.57 Å². The van der Waals surface area contributed by atoms with Crippen molar-refractivity contribution in [1.29, 1.82) is 0 Å². The lowest BCUT2D eigenvalue weighted by Gasteiger charge is -2.11. The summed E-state index contributed by atoms with van der Waals surface area (Å²) < 4.78 is 2.31. The highest BCUT2D eigenvalue weighted by Gasteiger charge is 2.22. The van der Waals surface area contributed by atoms with Crippen LogP contribution < -0.4 is 0 Å². The number of rotatable bonds is 5. The fourth-order valence-electron chi connectivity index (χ4n) is 2.79. The lowest BCUT2D eigenvalue weighted by Crippen LogP contribution is -2.03. The predicted molar refractivity (Wildman–Crippen MR) is 75.3 cm³/mol. The number of benzene rings is 1. The highest BCUT2D eigenvalue weighted by Crippen LogP contribution is 2.33. The van der Waals surface area contributed by atoms with Gasteiger partial charge in [0.2, 0.25) is 0 Å². The molecule has 3 heteroatoms. The third kappa shape index (κ3) is 2.50. The molecule has 1 N–H and O–H groups in total. The largest absolute Gasteiger partial charge is 0.481 e. The van der Waals surface area contributed by atoms with E-state index in [4.69, 9.17) is 5.11 Å². The van der Waals surface area contributed by atoms with Crippen LogP contribution in [-0.2, 0) is 11.3 Å². The van der Waals surface area contributed by atoms with E-state index < -0.39 is 5.97 Å². The minimum absolute atomic E-state index is 0.0537. The van der Waals surface area contributed by atoms with Crippen molar-refractivity contribution < 1.29 is 9.90 Å². The maximum Gasteiger partial charge on any atom is 0.303 e. The van der Waals surface area contributed by atoms with Gasteiger partial charge in [-0.1, -0.05) is 19.1 Å². The van der Waals surface area contributed by atoms with Crippen LogP contribution >= 0.6 is 0 Å². The molecular weight excluding hydrogens is 238 g/mol. The first kappa shape index (κ1) is 12.3. The molecule has 1 aliphatic rings. The average molecular weight is 257 g/mol. The van der Waals surface area contributed by atoms with Gasteiger partial charge in [0.05, 0.1) is 6.42 Å². The van der Waals surface area contributed by atoms with Crippen molar-refractivity contribution in [2.45, 2.75) is 38.6 Å². The molecule has 0 amide bonds. The number of carbonyl (C=O) groups is 1. The lowest BCUT2D eigenvalue weighted by molar-refractivity contribution is -0.137. The lowest BCUT2D eigenvalue weighted by atomic mass is 9.95. The van der Waals surface area contributed by atoms with Crippen LogP contribution in [0.1, 0.15) is 37.7 Å². The van der Waals surface area contributed by atoms with Crippen molar-refractivity contribution in [3.05, 3.63) is 36.0 Å². The minimum atomic E-state index is -0.734. The number of hydrogen-bond acceptors (Lipinski definition) is 1. The zero-order valence-corrected chi connectivity index (χ0v) is 11.2. The Balaban J connectivity index is 1.96. The summed E-state index contributed by atoms with van der Waals surface area (Å²) in [6.07, 6.45) is 5.01. The van der Waals surface area contributed by atoms with Crippen molar-refractivity contribution in [3.63, 3.8) is 0 Å². The molecule has 1 unspecified atom stereocenters. The molecule has 1 heterocycles. The van der Waals surface area contributed by atoms with Gasteiger partial charge in [-0.05, 0) is 42.4 Å². The van der Waals surface area contributed by atoms with Gasteiger partial charge in [-0.15, -0.1) is 0 Å². The van der Waals surface area contributed by atoms with Gasteiger partial charge in [0.25, 0.3) is 0 Å². The SMILES string of the molecule is CC(CC(=O)O)c1cccc2c1ccn2CC1CC1. The van der Waals surface area contributed by atoms with Crippen LogP contribution in [0, 0.1) is 5.92 Å². The summed E-state index contributed by atoms with van der Waals surface area (Å²) in [5.74, 6) is 0.163. The molecule has 1 aliphatic carbocycles. The van der Waals surface area contributed by atoms with E-state index in [1.54, 1.807) is 0 Å². The summed E-state index contributed by atoms with van der Waals surface area (Å²) in [6.45, 7) is 3.08. The molecule has 1 saturated carbocycles. The van der Waals surface area contributed by atoms with Crippen LogP contribution in [0.25, 0.3) is 10.9 Å². The zero-order valence-electron chi connectivity index (χ0n) is 11.2. The molecule has 3 rings (SSSR count). The van der Waals surface area contributed by atoms with Gasteiger partial charge in [0.1, 0.15) is 0 Å². The van der Waals surface area contributed by atoms with Crippen LogP contribution in [-0.4, -0.2) is 15.6 Å². The Bertz CT molecular complexity index is 610. The van der Waals surface area contributed by atoms with E-state index in [2.05, 4.69) is 29.0 Å². The number of carboxylic acids is 1. The van der Waals surface area contributed by atoms with E-state index in [1.807, 2.05) is 13.0 Å². The highest BCUT2D eigenvalue weighted by atomic mass is 16.4. The molecule has 100 valence electrons. The topological polar surface area (TPSA) is 42.2 Å². The minimum Gasteiger partial charge on any atom is -0.481 e. The van der Waals surface area contributed by atoms with Crippen molar-refractivity contribution in [2.24, 2.45) is 5.92 Å². The first-order valence-electron chi connectivity index (χ1n) is 6.94. The fourth-order valence-corrected chi connectivity index (χ4v) is 2.79. The van der Waals surface area contributed by atoms with E-state index in [0.29, 0.717) is 0 Å². The molecule has 1 aromatic carbocycles. The van der Waals surface area contributed by atoms with E-state index in [9.17, 15) is 4.79 Å². The van der Waals surface area contributed by atoms with Gasteiger partial charge in [-0.25, -0.2) is 0 Å². The van der Waals surface area contributed by atoms with Crippen molar-refractivity contribution in [3.8, 4) is 0 Å². The molecule has 2 aromatic rings. The molecule has 0 aliphatic heterocycles. The Morgan fingerprint density at radius 3 is 2.89 bits per heavy atom. The fraction of sp³-hybridized carbons (Fsp3) is 0.438. The third-order valence-electron chi connectivity index (χ3n) is 4.01. The molecule has 1 fully saturated rings. The van der Waals surface area contributed by atoms with E-state index in [-0.39, 0.29) is 12.3 Å². The number of aromatic nitrogens is 1. The summed E-state index contributed by atoms with van der Waals surface area (Å²) in [6, 6.07) is 8.36. The Hall–Kier alpha value is -1.77. The van der Waals surface area contributed by atoms with Gasteiger partial charge >= 0.3 is 5.97 Å². The second-order valence-electron chi connectivity index (χ2n) is 5.69. The Morgan fingerprint density at radius 2 is 2.21 bits per heavy atom. The van der Waals surface area contributed by atoms with E-state index in [1.165, 1.54) is 23.7 Å². The predicted octanol–water partition coefficient (Wildman–Crippen LogP) is 3.63. The number of fused-ring (bicyclic) bond motifs is 1. The number of aliphatic carboxylic acids is 1. The van der Waals surface area contributed by atoms with E-state index >= 15 is 0 Å². The Morgan fingerprint density at radius 1 is 1.42 bits per heavy atom. The van der Waals surface area contributed by atoms with Gasteiger partial charge in [0, 0.05) is 23.6 Å². The summed E-state index contributed by atoms with van der Waals surface area (Å²) in [7, 11) is 0. The second kappa shape index (κ2) is 4.72. The van der Waals surface area contributed by atoms with Gasteiger partial charge in [-0.3, -0.25) is 4.79 Å². The van der Waals surface area contributed by atoms with Gasteiger partial charge in [-0.2, -0.15) is 0 Å². The molecule has 0 spiro atoms. The molecule has 1 aromatic heterocycles. The Labute approximate surface area is 112 Å². The van der Waals surface area contributed by atoms with Crippen LogP contribution in [0.3, 0.4) is 0 Å². The standard InChI is InChI=1S/C16H19NO2/c1-11(9-16(18)19)13-3-2-4-15-14(13)7-8-17(15)10-12-5-6-12/h2-4,7-8,11-12H,5-6,9-10H2,1H3,(H,18,19). The molecule has 0 bridgehead atoms. The zero-order chi connectivity index (χ0) is 13.4. The summed E-state index contributed by atoms with van der Waals surface area (Å²) in [4.78, 5) is 10.9. The molecular formula is C16H19NO2. The summed E-state index contributed by atoms with van der Waals surface area (Å²) >= 11 is 0. The summed E-state index contributed by atoms with van der Waals surface area (Å²) in [5.41, 5.74) is 2.39. The normalized spacial score (nSPS) is 16.7. The second-order valence-corrected chi connectivity index (χ2v) is 5.69. The quantitative estimate of drug-likeness (QED) is 0.888. The average Bonchev–Trinajstić information content (AvgIpc) is 3.08. The van der Waals surface area contributed by atoms with Crippen LogP contribution in [0.5, 0.6) is 0 Å². The molecule has 0 saturated heterocycles. The maximum absolute atomic E-state index is 10.9. The van der Waals surface area contributed by atoms with Gasteiger partial charge in [0.15, 0.2) is 0 Å². The first-order chi connectivity index (χ1) is 9.15. The number of nitrogens with zero attached hydrogens (tertiary/aromatic N) is 1. The van der Waals surface area contributed by atoms with E-state index in [0.717, 1.165) is 18.0 Å². The first-order valence-corrected chi connectivity index (χ1v) is 6.94. The van der Waals surface area contributed by atoms with Crippen molar-refractivity contribution in [2.75, 3.05) is 0 Å². The monoisotopic (exact) mass is 257 g/mol. The smallest absolute Gasteiger partial charge is 0.303 e. The maximum atomic E-state index is 10.9. The molecule has 19 heavy (non-hydrogen) atoms. The molecule has 0 radical (unpaired) electrons. The number of carboxylic acid groups (broad SMARTS) is 1. The van der Waals surface area contributed by atoms with Crippen LogP contribution in [0.2, 0.25) is 0 Å². The highest BCUT2D eigenvalue weighted by molar-refractivity contribution is 5.85. The van der Waals surface area contributed by atoms with Crippen LogP contribution in [0.15, 0.2) is 30.5 Å². The van der Waals surface area contributed by atoms with Crippen molar-refractivity contribution >= 4 is 16.9 Å². The molecule has 1 atom stereocenters. The molecule has 3 nitrogen and oxygen atoms in total. The third-order valence-corrected chi connectivity index (χ3v) is 4.01. The number of hydrogen-bond donors (Lipinski definition) is 1.